The van der Waals surface area contributed by atoms with E-state index in [2.05, 4.69) is 10.6 Å². The van der Waals surface area contributed by atoms with Crippen LogP contribution >= 0.6 is 22.9 Å². The second kappa shape index (κ2) is 6.60. The Hall–Kier alpha value is -2.05. The average Bonchev–Trinajstić information content (AvgIpc) is 2.84. The van der Waals surface area contributed by atoms with Crippen molar-refractivity contribution in [3.63, 3.8) is 0 Å². The van der Waals surface area contributed by atoms with E-state index in [1.54, 1.807) is 25.1 Å². The van der Waals surface area contributed by atoms with Gasteiger partial charge in [-0.2, -0.15) is 0 Å². The predicted octanol–water partition coefficient (Wildman–Crippen LogP) is 3.73. The van der Waals surface area contributed by atoms with E-state index < -0.39 is 12.0 Å². The largest absolute Gasteiger partial charge is 0.478 e. The van der Waals surface area contributed by atoms with E-state index in [1.807, 2.05) is 6.07 Å². The first-order chi connectivity index (χ1) is 9.97. The van der Waals surface area contributed by atoms with Crippen molar-refractivity contribution in [1.29, 1.82) is 0 Å². The molecule has 1 heterocycles. The summed E-state index contributed by atoms with van der Waals surface area (Å²) in [6, 6.07) is 7.94. The van der Waals surface area contributed by atoms with Crippen molar-refractivity contribution in [2.45, 2.75) is 13.5 Å². The highest BCUT2D eigenvalue weighted by Gasteiger charge is 2.11. The van der Waals surface area contributed by atoms with Crippen LogP contribution in [-0.4, -0.2) is 17.1 Å². The van der Waals surface area contributed by atoms with Gasteiger partial charge in [0.15, 0.2) is 0 Å². The van der Waals surface area contributed by atoms with Crippen LogP contribution in [0.3, 0.4) is 0 Å². The molecular weight excluding hydrogens is 312 g/mol. The molecule has 3 N–H and O–H groups in total. The summed E-state index contributed by atoms with van der Waals surface area (Å²) in [4.78, 5) is 23.8. The number of urea groups is 1. The minimum Gasteiger partial charge on any atom is -0.478 e. The SMILES string of the molecule is Cc1c(NC(=O)NCc2ccc(Cl)s2)cccc1C(=O)O. The van der Waals surface area contributed by atoms with Crippen LogP contribution in [0.25, 0.3) is 0 Å². The number of carboxylic acids is 1. The summed E-state index contributed by atoms with van der Waals surface area (Å²) in [6.07, 6.45) is 0. The Labute approximate surface area is 130 Å². The number of carbonyl (C=O) groups is 2. The Kier molecular flexibility index (Phi) is 4.82. The number of carboxylic acid groups (broad SMARTS) is 1. The number of anilines is 1. The second-order valence-electron chi connectivity index (χ2n) is 4.30. The van der Waals surface area contributed by atoms with Crippen LogP contribution in [0.2, 0.25) is 4.34 Å². The molecule has 0 aliphatic heterocycles. The predicted molar refractivity (Wildman–Crippen MR) is 83.3 cm³/mol. The third kappa shape index (κ3) is 3.96. The van der Waals surface area contributed by atoms with Crippen LogP contribution in [0.1, 0.15) is 20.8 Å². The molecule has 110 valence electrons. The fourth-order valence-corrected chi connectivity index (χ4v) is 2.81. The van der Waals surface area contributed by atoms with Gasteiger partial charge in [-0.1, -0.05) is 17.7 Å². The van der Waals surface area contributed by atoms with E-state index in [9.17, 15) is 9.59 Å². The molecule has 0 saturated heterocycles. The zero-order chi connectivity index (χ0) is 15.4. The van der Waals surface area contributed by atoms with Gasteiger partial charge >= 0.3 is 12.0 Å². The zero-order valence-electron chi connectivity index (χ0n) is 11.1. The highest BCUT2D eigenvalue weighted by Crippen LogP contribution is 2.21. The summed E-state index contributed by atoms with van der Waals surface area (Å²) in [5, 5.41) is 14.4. The standard InChI is InChI=1S/C14H13ClN2O3S/c1-8-10(13(18)19)3-2-4-11(8)17-14(20)16-7-9-5-6-12(15)21-9/h2-6H,7H2,1H3,(H,18,19)(H2,16,17,20). The minimum absolute atomic E-state index is 0.165. The first kappa shape index (κ1) is 15.3. The number of rotatable bonds is 4. The van der Waals surface area contributed by atoms with E-state index in [4.69, 9.17) is 16.7 Å². The van der Waals surface area contributed by atoms with Gasteiger partial charge in [-0.25, -0.2) is 9.59 Å². The Morgan fingerprint density at radius 2 is 2.05 bits per heavy atom. The van der Waals surface area contributed by atoms with Gasteiger partial charge in [-0.15, -0.1) is 11.3 Å². The summed E-state index contributed by atoms with van der Waals surface area (Å²) >= 11 is 7.20. The molecule has 0 saturated carbocycles. The Balaban J connectivity index is 1.99. The van der Waals surface area contributed by atoms with E-state index in [0.717, 1.165) is 4.88 Å². The van der Waals surface area contributed by atoms with Crippen molar-refractivity contribution in [1.82, 2.24) is 5.32 Å². The molecule has 5 nitrogen and oxygen atoms in total. The number of amides is 2. The third-order valence-corrected chi connectivity index (χ3v) is 4.10. The van der Waals surface area contributed by atoms with Gasteiger partial charge in [-0.3, -0.25) is 0 Å². The van der Waals surface area contributed by atoms with Gasteiger partial charge in [0, 0.05) is 10.6 Å². The molecule has 2 amide bonds. The van der Waals surface area contributed by atoms with Crippen LogP contribution in [0, 0.1) is 6.92 Å². The maximum atomic E-state index is 11.8. The average molecular weight is 325 g/mol. The lowest BCUT2D eigenvalue weighted by molar-refractivity contribution is 0.0696. The van der Waals surface area contributed by atoms with Crippen LogP contribution in [-0.2, 0) is 6.54 Å². The van der Waals surface area contributed by atoms with Crippen molar-refractivity contribution in [3.05, 3.63) is 50.7 Å². The molecule has 7 heteroatoms. The highest BCUT2D eigenvalue weighted by atomic mass is 35.5. The van der Waals surface area contributed by atoms with Crippen LogP contribution in [0.5, 0.6) is 0 Å². The Bertz CT molecular complexity index is 685. The van der Waals surface area contributed by atoms with E-state index in [1.165, 1.54) is 17.4 Å². The summed E-state index contributed by atoms with van der Waals surface area (Å²) in [6.45, 7) is 2.01. The first-order valence-corrected chi connectivity index (χ1v) is 7.29. The number of thiophene rings is 1. The molecule has 21 heavy (non-hydrogen) atoms. The molecule has 1 aromatic carbocycles. The molecule has 2 rings (SSSR count). The maximum Gasteiger partial charge on any atom is 0.336 e. The fourth-order valence-electron chi connectivity index (χ4n) is 1.78. The van der Waals surface area contributed by atoms with Crippen molar-refractivity contribution >= 4 is 40.6 Å². The topological polar surface area (TPSA) is 78.4 Å². The monoisotopic (exact) mass is 324 g/mol. The van der Waals surface area contributed by atoms with Gasteiger partial charge in [0.05, 0.1) is 16.4 Å². The lowest BCUT2D eigenvalue weighted by atomic mass is 10.1. The zero-order valence-corrected chi connectivity index (χ0v) is 12.7. The molecule has 0 fully saturated rings. The number of benzene rings is 1. The summed E-state index contributed by atoms with van der Waals surface area (Å²) < 4.78 is 0.664. The molecule has 1 aromatic heterocycles. The van der Waals surface area contributed by atoms with E-state index >= 15 is 0 Å². The number of hydrogen-bond acceptors (Lipinski definition) is 3. The smallest absolute Gasteiger partial charge is 0.336 e. The van der Waals surface area contributed by atoms with Gasteiger partial charge in [0.2, 0.25) is 0 Å². The van der Waals surface area contributed by atoms with Gasteiger partial charge in [0.25, 0.3) is 0 Å². The number of aromatic carboxylic acids is 1. The molecule has 0 spiro atoms. The fraction of sp³-hybridized carbons (Fsp3) is 0.143. The molecule has 0 aliphatic rings. The number of nitrogens with one attached hydrogen (secondary N) is 2. The van der Waals surface area contributed by atoms with Crippen molar-refractivity contribution in [2.75, 3.05) is 5.32 Å². The quantitative estimate of drug-likeness (QED) is 0.801. The normalized spacial score (nSPS) is 10.2. The number of carbonyl (C=O) groups excluding carboxylic acids is 1. The van der Waals surface area contributed by atoms with Gasteiger partial charge in [-0.05, 0) is 36.8 Å². The molecule has 0 bridgehead atoms. The lowest BCUT2D eigenvalue weighted by Gasteiger charge is -2.11. The number of halogens is 1. The molecule has 2 aromatic rings. The molecular formula is C14H13ClN2O3S. The van der Waals surface area contributed by atoms with Crippen molar-refractivity contribution in [3.8, 4) is 0 Å². The first-order valence-electron chi connectivity index (χ1n) is 6.09. The van der Waals surface area contributed by atoms with E-state index in [0.29, 0.717) is 22.1 Å². The van der Waals surface area contributed by atoms with Crippen LogP contribution in [0.15, 0.2) is 30.3 Å². The maximum absolute atomic E-state index is 11.8. The summed E-state index contributed by atoms with van der Waals surface area (Å²) in [7, 11) is 0. The third-order valence-electron chi connectivity index (χ3n) is 2.86. The van der Waals surface area contributed by atoms with Crippen LogP contribution < -0.4 is 10.6 Å². The Morgan fingerprint density at radius 3 is 2.67 bits per heavy atom. The lowest BCUT2D eigenvalue weighted by Crippen LogP contribution is -2.28. The summed E-state index contributed by atoms with van der Waals surface area (Å²) in [5.74, 6) is -1.02. The Morgan fingerprint density at radius 1 is 1.29 bits per heavy atom. The molecule has 0 atom stereocenters. The number of hydrogen-bond donors (Lipinski definition) is 3. The minimum atomic E-state index is -1.02. The van der Waals surface area contributed by atoms with Gasteiger partial charge in [0.1, 0.15) is 0 Å². The van der Waals surface area contributed by atoms with E-state index in [-0.39, 0.29) is 5.56 Å². The van der Waals surface area contributed by atoms with Crippen LogP contribution in [0.4, 0.5) is 10.5 Å². The van der Waals surface area contributed by atoms with Crippen molar-refractivity contribution in [2.24, 2.45) is 0 Å². The molecule has 0 aliphatic carbocycles. The highest BCUT2D eigenvalue weighted by molar-refractivity contribution is 7.16. The summed E-state index contributed by atoms with van der Waals surface area (Å²) in [5.41, 5.74) is 1.15. The second-order valence-corrected chi connectivity index (χ2v) is 6.10. The van der Waals surface area contributed by atoms with Gasteiger partial charge < -0.3 is 15.7 Å². The molecule has 0 unspecified atom stereocenters. The van der Waals surface area contributed by atoms with Crippen molar-refractivity contribution < 1.29 is 14.7 Å². The molecule has 0 radical (unpaired) electrons.